The average Bonchev–Trinajstić information content (AvgIpc) is 2.21. The highest BCUT2D eigenvalue weighted by molar-refractivity contribution is 5.33. The number of hydrogen-bond acceptors (Lipinski definition) is 2. The van der Waals surface area contributed by atoms with Crippen LogP contribution in [0.1, 0.15) is 18.9 Å². The Hall–Kier alpha value is -1.35. The molecule has 0 saturated heterocycles. The van der Waals surface area contributed by atoms with E-state index in [2.05, 4.69) is 6.58 Å². The van der Waals surface area contributed by atoms with Crippen molar-refractivity contribution in [2.75, 3.05) is 0 Å². The van der Waals surface area contributed by atoms with E-state index in [1.54, 1.807) is 6.08 Å². The third kappa shape index (κ3) is 3.36. The summed E-state index contributed by atoms with van der Waals surface area (Å²) in [7, 11) is 0. The zero-order valence-electron chi connectivity index (χ0n) is 8.74. The van der Waals surface area contributed by atoms with E-state index in [0.29, 0.717) is 17.7 Å². The molecule has 0 heterocycles. The third-order valence-corrected chi connectivity index (χ3v) is 2.02. The highest BCUT2D eigenvalue weighted by Gasteiger charge is 2.07. The lowest BCUT2D eigenvalue weighted by Gasteiger charge is -2.15. The first-order chi connectivity index (χ1) is 7.17. The lowest BCUT2D eigenvalue weighted by atomic mass is 10.2. The molecule has 0 bridgehead atoms. The van der Waals surface area contributed by atoms with Crippen molar-refractivity contribution in [2.45, 2.75) is 26.1 Å². The molecule has 0 aromatic heterocycles. The van der Waals surface area contributed by atoms with Crippen LogP contribution in [-0.2, 0) is 6.61 Å². The van der Waals surface area contributed by atoms with Crippen molar-refractivity contribution in [1.82, 2.24) is 0 Å². The van der Waals surface area contributed by atoms with E-state index in [-0.39, 0.29) is 18.5 Å². The number of aliphatic hydroxyl groups is 1. The Bertz CT molecular complexity index is 336. The quantitative estimate of drug-likeness (QED) is 0.757. The van der Waals surface area contributed by atoms with Crippen LogP contribution in [0.5, 0.6) is 5.75 Å². The minimum Gasteiger partial charge on any atom is -0.490 e. The van der Waals surface area contributed by atoms with Crippen LogP contribution in [0.4, 0.5) is 4.39 Å². The Balaban J connectivity index is 2.79. The highest BCUT2D eigenvalue weighted by atomic mass is 19.1. The fourth-order valence-electron chi connectivity index (χ4n) is 1.29. The summed E-state index contributed by atoms with van der Waals surface area (Å²) in [5, 5.41) is 9.02. The first kappa shape index (κ1) is 11.7. The summed E-state index contributed by atoms with van der Waals surface area (Å²) in [6.07, 6.45) is 2.44. The van der Waals surface area contributed by atoms with Gasteiger partial charge in [-0.05, 0) is 25.1 Å². The van der Waals surface area contributed by atoms with Gasteiger partial charge in [-0.3, -0.25) is 0 Å². The normalized spacial score (nSPS) is 12.2. The standard InChI is InChI=1S/C12H15FO2/c1-3-4-9(2)15-12-6-5-11(13)7-10(12)8-14/h3,5-7,9,14H,1,4,8H2,2H3. The molecule has 0 saturated carbocycles. The predicted octanol–water partition coefficient (Wildman–Crippen LogP) is 2.66. The van der Waals surface area contributed by atoms with E-state index < -0.39 is 0 Å². The number of hydrogen-bond donors (Lipinski definition) is 1. The van der Waals surface area contributed by atoms with Crippen molar-refractivity contribution >= 4 is 0 Å². The minimum atomic E-state index is -0.372. The fraction of sp³-hybridized carbons (Fsp3) is 0.333. The van der Waals surface area contributed by atoms with Gasteiger partial charge in [-0.15, -0.1) is 6.58 Å². The SMILES string of the molecule is C=CCC(C)Oc1ccc(F)cc1CO. The van der Waals surface area contributed by atoms with Gasteiger partial charge in [0.1, 0.15) is 11.6 Å². The van der Waals surface area contributed by atoms with Gasteiger partial charge in [-0.2, -0.15) is 0 Å². The topological polar surface area (TPSA) is 29.5 Å². The van der Waals surface area contributed by atoms with Crippen LogP contribution in [0, 0.1) is 5.82 Å². The predicted molar refractivity (Wildman–Crippen MR) is 57.2 cm³/mol. The van der Waals surface area contributed by atoms with Gasteiger partial charge in [0.05, 0.1) is 12.7 Å². The van der Waals surface area contributed by atoms with Crippen molar-refractivity contribution in [3.8, 4) is 5.75 Å². The van der Waals surface area contributed by atoms with Crippen LogP contribution in [-0.4, -0.2) is 11.2 Å². The van der Waals surface area contributed by atoms with Crippen molar-refractivity contribution in [2.24, 2.45) is 0 Å². The van der Waals surface area contributed by atoms with Gasteiger partial charge in [0.15, 0.2) is 0 Å². The largest absolute Gasteiger partial charge is 0.490 e. The first-order valence-electron chi connectivity index (χ1n) is 4.84. The molecule has 0 aliphatic carbocycles. The van der Waals surface area contributed by atoms with Crippen LogP contribution >= 0.6 is 0 Å². The molecule has 0 aliphatic rings. The average molecular weight is 210 g/mol. The first-order valence-corrected chi connectivity index (χ1v) is 4.84. The molecular weight excluding hydrogens is 195 g/mol. The molecule has 1 aromatic carbocycles. The minimum absolute atomic E-state index is 0.0294. The molecule has 0 spiro atoms. The summed E-state index contributed by atoms with van der Waals surface area (Å²) < 4.78 is 18.4. The summed E-state index contributed by atoms with van der Waals surface area (Å²) in [6.45, 7) is 5.28. The molecule has 0 fully saturated rings. The number of rotatable bonds is 5. The van der Waals surface area contributed by atoms with E-state index in [0.717, 1.165) is 0 Å². The van der Waals surface area contributed by atoms with Crippen LogP contribution < -0.4 is 4.74 Å². The summed E-state index contributed by atoms with van der Waals surface area (Å²) >= 11 is 0. The highest BCUT2D eigenvalue weighted by Crippen LogP contribution is 2.21. The smallest absolute Gasteiger partial charge is 0.125 e. The van der Waals surface area contributed by atoms with E-state index in [9.17, 15) is 4.39 Å². The molecule has 2 nitrogen and oxygen atoms in total. The number of halogens is 1. The van der Waals surface area contributed by atoms with E-state index in [1.165, 1.54) is 18.2 Å². The Labute approximate surface area is 89.0 Å². The fourth-order valence-corrected chi connectivity index (χ4v) is 1.29. The molecule has 1 atom stereocenters. The molecule has 1 unspecified atom stereocenters. The van der Waals surface area contributed by atoms with E-state index in [4.69, 9.17) is 9.84 Å². The zero-order chi connectivity index (χ0) is 11.3. The second-order valence-electron chi connectivity index (χ2n) is 3.36. The summed E-state index contributed by atoms with van der Waals surface area (Å²) in [6, 6.07) is 4.12. The van der Waals surface area contributed by atoms with Crippen LogP contribution in [0.15, 0.2) is 30.9 Å². The molecule has 0 amide bonds. The van der Waals surface area contributed by atoms with Gasteiger partial charge >= 0.3 is 0 Å². The molecule has 1 N–H and O–H groups in total. The van der Waals surface area contributed by atoms with E-state index >= 15 is 0 Å². The second kappa shape index (κ2) is 5.51. The molecular formula is C12H15FO2. The monoisotopic (exact) mass is 210 g/mol. The van der Waals surface area contributed by atoms with Crippen molar-refractivity contribution in [3.05, 3.63) is 42.2 Å². The maximum absolute atomic E-state index is 12.8. The van der Waals surface area contributed by atoms with Gasteiger partial charge in [0, 0.05) is 12.0 Å². The Morgan fingerprint density at radius 3 is 2.93 bits per heavy atom. The van der Waals surface area contributed by atoms with Gasteiger partial charge in [-0.25, -0.2) is 4.39 Å². The Kier molecular flexibility index (Phi) is 4.31. The number of aliphatic hydroxyl groups excluding tert-OH is 1. The molecule has 82 valence electrons. The summed E-state index contributed by atoms with van der Waals surface area (Å²) in [4.78, 5) is 0. The molecule has 1 aromatic rings. The van der Waals surface area contributed by atoms with Crippen molar-refractivity contribution in [1.29, 1.82) is 0 Å². The van der Waals surface area contributed by atoms with E-state index in [1.807, 2.05) is 6.92 Å². The Morgan fingerprint density at radius 1 is 1.60 bits per heavy atom. The van der Waals surface area contributed by atoms with Crippen LogP contribution in [0.3, 0.4) is 0 Å². The van der Waals surface area contributed by atoms with Gasteiger partial charge in [-0.1, -0.05) is 6.08 Å². The molecule has 0 radical (unpaired) electrons. The van der Waals surface area contributed by atoms with Crippen molar-refractivity contribution < 1.29 is 14.2 Å². The molecule has 1 rings (SSSR count). The molecule has 0 aliphatic heterocycles. The molecule has 3 heteroatoms. The maximum atomic E-state index is 12.8. The van der Waals surface area contributed by atoms with Gasteiger partial charge in [0.25, 0.3) is 0 Å². The van der Waals surface area contributed by atoms with Gasteiger partial charge < -0.3 is 9.84 Å². The lowest BCUT2D eigenvalue weighted by molar-refractivity contribution is 0.212. The summed E-state index contributed by atoms with van der Waals surface area (Å²) in [5.41, 5.74) is 0.464. The maximum Gasteiger partial charge on any atom is 0.125 e. The molecule has 15 heavy (non-hydrogen) atoms. The summed E-state index contributed by atoms with van der Waals surface area (Å²) in [5.74, 6) is 0.149. The lowest BCUT2D eigenvalue weighted by Crippen LogP contribution is -2.11. The number of benzene rings is 1. The third-order valence-electron chi connectivity index (χ3n) is 2.02. The number of ether oxygens (including phenoxy) is 1. The van der Waals surface area contributed by atoms with Crippen molar-refractivity contribution in [3.63, 3.8) is 0 Å². The van der Waals surface area contributed by atoms with Crippen LogP contribution in [0.25, 0.3) is 0 Å². The second-order valence-corrected chi connectivity index (χ2v) is 3.36. The zero-order valence-corrected chi connectivity index (χ0v) is 8.74. The Morgan fingerprint density at radius 2 is 2.33 bits per heavy atom. The van der Waals surface area contributed by atoms with Gasteiger partial charge in [0.2, 0.25) is 0 Å². The van der Waals surface area contributed by atoms with Crippen LogP contribution in [0.2, 0.25) is 0 Å².